The molecular formula is C11H11BF2N2. The highest BCUT2D eigenvalue weighted by molar-refractivity contribution is 6.57. The first kappa shape index (κ1) is 9.57. The molecule has 5 heteroatoms. The van der Waals surface area contributed by atoms with Gasteiger partial charge in [0.2, 0.25) is 0 Å². The Morgan fingerprint density at radius 2 is 2.00 bits per heavy atom. The number of halogens is 2. The molecule has 0 N–H and O–H groups in total. The maximum Gasteiger partial charge on any atom is 0.737 e. The predicted molar refractivity (Wildman–Crippen MR) is 60.5 cm³/mol. The Labute approximate surface area is 92.3 Å². The van der Waals surface area contributed by atoms with Gasteiger partial charge in [0.1, 0.15) is 5.71 Å². The fourth-order valence-corrected chi connectivity index (χ4v) is 2.51. The van der Waals surface area contributed by atoms with Crippen molar-refractivity contribution in [2.75, 3.05) is 0 Å². The molecule has 0 aromatic carbocycles. The Bertz CT molecular complexity index is 579. The van der Waals surface area contributed by atoms with Crippen LogP contribution in [0.3, 0.4) is 0 Å². The summed E-state index contributed by atoms with van der Waals surface area (Å²) in [5.74, 6) is 0. The Balaban J connectivity index is 2.35. The molecule has 16 heavy (non-hydrogen) atoms. The lowest BCUT2D eigenvalue weighted by Crippen LogP contribution is -2.49. The van der Waals surface area contributed by atoms with Crippen LogP contribution in [0.4, 0.5) is 8.63 Å². The van der Waals surface area contributed by atoms with Crippen molar-refractivity contribution in [1.29, 1.82) is 0 Å². The van der Waals surface area contributed by atoms with Crippen LogP contribution >= 0.6 is 0 Å². The summed E-state index contributed by atoms with van der Waals surface area (Å²) < 4.78 is 30.7. The van der Waals surface area contributed by atoms with Crippen molar-refractivity contribution in [3.63, 3.8) is 0 Å². The summed E-state index contributed by atoms with van der Waals surface area (Å²) in [5.41, 5.74) is 2.69. The Morgan fingerprint density at radius 3 is 2.75 bits per heavy atom. The summed E-state index contributed by atoms with van der Waals surface area (Å²) in [6.45, 7) is -0.150. The van der Waals surface area contributed by atoms with Crippen LogP contribution in [0, 0.1) is 0 Å². The second-order valence-corrected chi connectivity index (χ2v) is 4.30. The monoisotopic (exact) mass is 220 g/mol. The third-order valence-electron chi connectivity index (χ3n) is 3.21. The lowest BCUT2D eigenvalue weighted by atomic mass is 9.91. The summed E-state index contributed by atoms with van der Waals surface area (Å²) in [6.07, 6.45) is 5.04. The molecule has 0 amide bonds. The average Bonchev–Trinajstić information content (AvgIpc) is 2.73. The van der Waals surface area contributed by atoms with Gasteiger partial charge in [0, 0.05) is 30.3 Å². The van der Waals surface area contributed by atoms with Gasteiger partial charge in [0.15, 0.2) is 5.70 Å². The molecule has 82 valence electrons. The molecular weight excluding hydrogens is 209 g/mol. The van der Waals surface area contributed by atoms with Gasteiger partial charge in [-0.3, -0.25) is 0 Å². The van der Waals surface area contributed by atoms with E-state index in [1.165, 1.54) is 6.20 Å². The standard InChI is InChI=1S/C11H11BF2N2/c1-8-6-9(2)16-11(8)7-10-4-3-5-15(10)12(16,13)14/h3-7H,1-2H3. The summed E-state index contributed by atoms with van der Waals surface area (Å²) >= 11 is 0. The van der Waals surface area contributed by atoms with Crippen LogP contribution in [-0.4, -0.2) is 21.6 Å². The second-order valence-electron chi connectivity index (χ2n) is 4.30. The maximum absolute atomic E-state index is 14.3. The largest absolute Gasteiger partial charge is 0.737 e. The molecule has 0 unspecified atom stereocenters. The molecule has 0 spiro atoms. The third kappa shape index (κ3) is 0.978. The minimum absolute atomic E-state index is 0.568. The van der Waals surface area contributed by atoms with E-state index < -0.39 is 6.97 Å². The van der Waals surface area contributed by atoms with Crippen LogP contribution in [0.5, 0.6) is 0 Å². The molecule has 0 saturated heterocycles. The van der Waals surface area contributed by atoms with Crippen LogP contribution in [0.15, 0.2) is 35.7 Å². The number of hydrogen-bond donors (Lipinski definition) is 0. The number of allylic oxidation sites excluding steroid dienone is 2. The van der Waals surface area contributed by atoms with E-state index in [9.17, 15) is 8.63 Å². The van der Waals surface area contributed by atoms with Crippen molar-refractivity contribution in [2.24, 2.45) is 0 Å². The molecule has 1 aromatic rings. The first-order chi connectivity index (χ1) is 7.51. The zero-order valence-electron chi connectivity index (χ0n) is 9.11. The van der Waals surface area contributed by atoms with Gasteiger partial charge in [-0.25, -0.2) is 0 Å². The third-order valence-corrected chi connectivity index (χ3v) is 3.21. The molecule has 0 radical (unpaired) electrons. The van der Waals surface area contributed by atoms with Crippen molar-refractivity contribution in [2.45, 2.75) is 13.8 Å². The topological polar surface area (TPSA) is 7.94 Å². The molecule has 0 atom stereocenters. The van der Waals surface area contributed by atoms with E-state index >= 15 is 0 Å². The zero-order chi connectivity index (χ0) is 11.5. The maximum atomic E-state index is 14.3. The van der Waals surface area contributed by atoms with Gasteiger partial charge < -0.3 is 17.6 Å². The van der Waals surface area contributed by atoms with Gasteiger partial charge in [-0.05, 0) is 25.3 Å². The number of aromatic nitrogens is 1. The summed E-state index contributed by atoms with van der Waals surface area (Å²) in [4.78, 5) is 0. The van der Waals surface area contributed by atoms with E-state index in [1.54, 1.807) is 25.1 Å². The minimum atomic E-state index is -3.73. The summed E-state index contributed by atoms with van der Waals surface area (Å²) in [7, 11) is 0. The SMILES string of the molecule is CC1=CC(C)=[N+]2C1=Cc1cccn1[B-]2(F)F. The van der Waals surface area contributed by atoms with Crippen LogP contribution < -0.4 is 0 Å². The Morgan fingerprint density at radius 1 is 1.25 bits per heavy atom. The molecule has 3 heterocycles. The fraction of sp³-hybridized carbons (Fsp3) is 0.182. The van der Waals surface area contributed by atoms with E-state index in [-0.39, 0.29) is 0 Å². The van der Waals surface area contributed by atoms with Crippen molar-refractivity contribution < 1.29 is 13.1 Å². The van der Waals surface area contributed by atoms with Gasteiger partial charge in [-0.2, -0.15) is 0 Å². The first-order valence-corrected chi connectivity index (χ1v) is 5.24. The van der Waals surface area contributed by atoms with E-state index in [0.717, 1.165) is 14.5 Å². The van der Waals surface area contributed by atoms with Crippen molar-refractivity contribution in [1.82, 2.24) is 4.48 Å². The molecule has 0 aliphatic carbocycles. The predicted octanol–water partition coefficient (Wildman–Crippen LogP) is 2.50. The number of nitrogens with zero attached hydrogens (tertiary/aromatic N) is 2. The quantitative estimate of drug-likeness (QED) is 0.593. The number of hydrogen-bond acceptors (Lipinski definition) is 0. The van der Waals surface area contributed by atoms with Gasteiger partial charge in [-0.1, -0.05) is 0 Å². The van der Waals surface area contributed by atoms with Crippen LogP contribution in [-0.2, 0) is 0 Å². The van der Waals surface area contributed by atoms with E-state index in [0.29, 0.717) is 17.1 Å². The zero-order valence-corrected chi connectivity index (χ0v) is 9.11. The average molecular weight is 220 g/mol. The van der Waals surface area contributed by atoms with Crippen molar-refractivity contribution >= 4 is 18.8 Å². The van der Waals surface area contributed by atoms with Crippen LogP contribution in [0.25, 0.3) is 6.08 Å². The van der Waals surface area contributed by atoms with Crippen molar-refractivity contribution in [3.8, 4) is 0 Å². The Hall–Kier alpha value is -1.65. The van der Waals surface area contributed by atoms with Gasteiger partial charge in [0.25, 0.3) is 0 Å². The first-order valence-electron chi connectivity index (χ1n) is 5.24. The molecule has 1 aromatic heterocycles. The molecule has 0 fully saturated rings. The molecule has 2 aliphatic rings. The summed E-state index contributed by atoms with van der Waals surface area (Å²) in [6, 6.07) is 3.36. The normalized spacial score (nSPS) is 21.5. The molecule has 2 nitrogen and oxygen atoms in total. The van der Waals surface area contributed by atoms with Gasteiger partial charge >= 0.3 is 6.97 Å². The molecule has 0 saturated carbocycles. The van der Waals surface area contributed by atoms with E-state index in [1.807, 2.05) is 13.0 Å². The molecule has 0 bridgehead atoms. The van der Waals surface area contributed by atoms with Crippen LogP contribution in [0.2, 0.25) is 0 Å². The highest BCUT2D eigenvalue weighted by Gasteiger charge is 2.51. The van der Waals surface area contributed by atoms with Crippen molar-refractivity contribution in [3.05, 3.63) is 41.4 Å². The second kappa shape index (κ2) is 2.72. The lowest BCUT2D eigenvalue weighted by Gasteiger charge is -2.28. The highest BCUT2D eigenvalue weighted by atomic mass is 19.2. The number of rotatable bonds is 0. The smallest absolute Gasteiger partial charge is 0.396 e. The summed E-state index contributed by atoms with van der Waals surface area (Å²) in [5, 5.41) is 0. The number of fused-ring (bicyclic) bond motifs is 2. The molecule has 2 aliphatic heterocycles. The highest BCUT2D eigenvalue weighted by Crippen LogP contribution is 2.33. The van der Waals surface area contributed by atoms with Crippen LogP contribution in [0.1, 0.15) is 19.5 Å². The lowest BCUT2D eigenvalue weighted by molar-refractivity contribution is -0.362. The van der Waals surface area contributed by atoms with E-state index in [4.69, 9.17) is 0 Å². The van der Waals surface area contributed by atoms with Gasteiger partial charge in [-0.15, -0.1) is 0 Å². The van der Waals surface area contributed by atoms with Gasteiger partial charge in [0.05, 0.1) is 0 Å². The fourth-order valence-electron chi connectivity index (χ4n) is 2.51. The molecule has 3 rings (SSSR count). The minimum Gasteiger partial charge on any atom is -0.396 e. The Kier molecular flexibility index (Phi) is 1.63. The van der Waals surface area contributed by atoms with E-state index in [2.05, 4.69) is 0 Å².